The van der Waals surface area contributed by atoms with Crippen LogP contribution in [0.3, 0.4) is 0 Å². The van der Waals surface area contributed by atoms with E-state index in [0.29, 0.717) is 0 Å². The molecular formula is C13H16N4. The quantitative estimate of drug-likeness (QED) is 0.767. The van der Waals surface area contributed by atoms with Crippen LogP contribution in [0.5, 0.6) is 0 Å². The number of aromatic amines is 1. The second-order valence-electron chi connectivity index (χ2n) is 4.52. The standard InChI is InChI=1S/C13H16N4/c14-13-3-1-2-10-7-17(5-4-12(10)13)8-11-6-15-9-16-11/h1-3,6,9H,4-5,7-8,14H2,(H,15,16). The molecule has 2 heterocycles. The van der Waals surface area contributed by atoms with E-state index in [9.17, 15) is 0 Å². The van der Waals surface area contributed by atoms with E-state index >= 15 is 0 Å². The van der Waals surface area contributed by atoms with Crippen LogP contribution in [0.1, 0.15) is 16.8 Å². The molecule has 2 aromatic rings. The van der Waals surface area contributed by atoms with Crippen LogP contribution < -0.4 is 5.73 Å². The lowest BCUT2D eigenvalue weighted by Crippen LogP contribution is -2.30. The van der Waals surface area contributed by atoms with Crippen molar-refractivity contribution < 1.29 is 0 Å². The van der Waals surface area contributed by atoms with Crippen LogP contribution in [0.25, 0.3) is 0 Å². The average Bonchev–Trinajstić information content (AvgIpc) is 2.82. The summed E-state index contributed by atoms with van der Waals surface area (Å²) in [5.41, 5.74) is 10.8. The number of nitrogens with one attached hydrogen (secondary N) is 1. The Kier molecular flexibility index (Phi) is 2.57. The molecule has 0 bridgehead atoms. The molecule has 0 atom stereocenters. The molecule has 0 radical (unpaired) electrons. The molecule has 1 aromatic carbocycles. The lowest BCUT2D eigenvalue weighted by molar-refractivity contribution is 0.243. The maximum Gasteiger partial charge on any atom is 0.0922 e. The van der Waals surface area contributed by atoms with E-state index in [1.807, 2.05) is 18.3 Å². The summed E-state index contributed by atoms with van der Waals surface area (Å²) in [6.45, 7) is 2.95. The van der Waals surface area contributed by atoms with Gasteiger partial charge in [0.15, 0.2) is 0 Å². The van der Waals surface area contributed by atoms with Crippen molar-refractivity contribution in [3.05, 3.63) is 47.5 Å². The molecule has 4 nitrogen and oxygen atoms in total. The number of fused-ring (bicyclic) bond motifs is 1. The highest BCUT2D eigenvalue weighted by molar-refractivity contribution is 5.51. The van der Waals surface area contributed by atoms with E-state index in [1.165, 1.54) is 11.1 Å². The number of benzene rings is 1. The Morgan fingerprint density at radius 2 is 2.35 bits per heavy atom. The summed E-state index contributed by atoms with van der Waals surface area (Å²) in [6, 6.07) is 6.20. The van der Waals surface area contributed by atoms with E-state index < -0.39 is 0 Å². The Hall–Kier alpha value is -1.81. The summed E-state index contributed by atoms with van der Waals surface area (Å²) in [6.07, 6.45) is 4.65. The predicted molar refractivity (Wildman–Crippen MR) is 67.3 cm³/mol. The SMILES string of the molecule is Nc1cccc2c1CCN(Cc1cnc[nH]1)C2. The van der Waals surface area contributed by atoms with Crippen molar-refractivity contribution in [2.45, 2.75) is 19.5 Å². The first-order valence-corrected chi connectivity index (χ1v) is 5.89. The second-order valence-corrected chi connectivity index (χ2v) is 4.52. The van der Waals surface area contributed by atoms with Crippen LogP contribution in [-0.2, 0) is 19.5 Å². The third kappa shape index (κ3) is 2.03. The van der Waals surface area contributed by atoms with Crippen molar-refractivity contribution in [3.8, 4) is 0 Å². The molecule has 4 heteroatoms. The van der Waals surface area contributed by atoms with Crippen LogP contribution in [-0.4, -0.2) is 21.4 Å². The van der Waals surface area contributed by atoms with Crippen LogP contribution in [0.15, 0.2) is 30.7 Å². The summed E-state index contributed by atoms with van der Waals surface area (Å²) < 4.78 is 0. The molecule has 3 N–H and O–H groups in total. The van der Waals surface area contributed by atoms with Crippen molar-refractivity contribution >= 4 is 5.69 Å². The predicted octanol–water partition coefficient (Wildman–Crippen LogP) is 1.55. The van der Waals surface area contributed by atoms with Crippen LogP contribution in [0, 0.1) is 0 Å². The number of nitrogens with two attached hydrogens (primary N) is 1. The zero-order valence-corrected chi connectivity index (χ0v) is 9.69. The fourth-order valence-corrected chi connectivity index (χ4v) is 2.44. The molecule has 0 amide bonds. The maximum atomic E-state index is 5.99. The van der Waals surface area contributed by atoms with Crippen molar-refractivity contribution in [1.29, 1.82) is 0 Å². The minimum Gasteiger partial charge on any atom is -0.398 e. The molecule has 88 valence electrons. The fraction of sp³-hybridized carbons (Fsp3) is 0.308. The van der Waals surface area contributed by atoms with Crippen LogP contribution in [0.4, 0.5) is 5.69 Å². The van der Waals surface area contributed by atoms with Gasteiger partial charge < -0.3 is 10.7 Å². The first kappa shape index (κ1) is 10.4. The zero-order chi connectivity index (χ0) is 11.7. The smallest absolute Gasteiger partial charge is 0.0922 e. The number of nitrogen functional groups attached to an aromatic ring is 1. The number of anilines is 1. The summed E-state index contributed by atoms with van der Waals surface area (Å²) in [5.74, 6) is 0. The van der Waals surface area contributed by atoms with E-state index in [2.05, 4.69) is 20.9 Å². The number of imidazole rings is 1. The normalized spacial score (nSPS) is 15.8. The van der Waals surface area contributed by atoms with Crippen molar-refractivity contribution in [3.63, 3.8) is 0 Å². The minimum atomic E-state index is 0.925. The van der Waals surface area contributed by atoms with Gasteiger partial charge in [-0.15, -0.1) is 0 Å². The molecule has 17 heavy (non-hydrogen) atoms. The van der Waals surface area contributed by atoms with Gasteiger partial charge in [-0.3, -0.25) is 4.90 Å². The van der Waals surface area contributed by atoms with Crippen LogP contribution in [0.2, 0.25) is 0 Å². The third-order valence-electron chi connectivity index (χ3n) is 3.33. The fourth-order valence-electron chi connectivity index (χ4n) is 2.44. The molecule has 1 aliphatic rings. The van der Waals surface area contributed by atoms with Gasteiger partial charge in [-0.05, 0) is 23.6 Å². The zero-order valence-electron chi connectivity index (χ0n) is 9.69. The first-order chi connectivity index (χ1) is 8.33. The molecule has 1 aliphatic heterocycles. The summed E-state index contributed by atoms with van der Waals surface area (Å²) >= 11 is 0. The topological polar surface area (TPSA) is 57.9 Å². The summed E-state index contributed by atoms with van der Waals surface area (Å²) in [5, 5.41) is 0. The van der Waals surface area contributed by atoms with Gasteiger partial charge in [-0.25, -0.2) is 4.98 Å². The minimum absolute atomic E-state index is 0.925. The molecule has 0 saturated heterocycles. The monoisotopic (exact) mass is 228 g/mol. The number of H-pyrrole nitrogens is 1. The molecule has 1 aromatic heterocycles. The van der Waals surface area contributed by atoms with Gasteiger partial charge in [0.05, 0.1) is 6.33 Å². The van der Waals surface area contributed by atoms with Gasteiger partial charge in [0.25, 0.3) is 0 Å². The van der Waals surface area contributed by atoms with Gasteiger partial charge in [-0.1, -0.05) is 12.1 Å². The summed E-state index contributed by atoms with van der Waals surface area (Å²) in [4.78, 5) is 9.60. The Labute approximate surface area is 100 Å². The highest BCUT2D eigenvalue weighted by Crippen LogP contribution is 2.24. The first-order valence-electron chi connectivity index (χ1n) is 5.89. The van der Waals surface area contributed by atoms with Gasteiger partial charge in [0, 0.05) is 37.2 Å². The summed E-state index contributed by atoms with van der Waals surface area (Å²) in [7, 11) is 0. The van der Waals surface area contributed by atoms with E-state index in [0.717, 1.165) is 37.4 Å². The molecule has 0 unspecified atom stereocenters. The van der Waals surface area contributed by atoms with Gasteiger partial charge >= 0.3 is 0 Å². The number of rotatable bonds is 2. The van der Waals surface area contributed by atoms with Crippen LogP contribution >= 0.6 is 0 Å². The second kappa shape index (κ2) is 4.22. The molecule has 3 rings (SSSR count). The van der Waals surface area contributed by atoms with E-state index in [1.54, 1.807) is 6.33 Å². The Bertz CT molecular complexity index is 504. The lowest BCUT2D eigenvalue weighted by Gasteiger charge is -2.28. The van der Waals surface area contributed by atoms with Gasteiger partial charge in [0.1, 0.15) is 0 Å². The largest absolute Gasteiger partial charge is 0.398 e. The Balaban J connectivity index is 1.77. The highest BCUT2D eigenvalue weighted by Gasteiger charge is 2.17. The van der Waals surface area contributed by atoms with Crippen molar-refractivity contribution in [2.75, 3.05) is 12.3 Å². The van der Waals surface area contributed by atoms with Crippen molar-refractivity contribution in [2.24, 2.45) is 0 Å². The Morgan fingerprint density at radius 1 is 1.41 bits per heavy atom. The maximum absolute atomic E-state index is 5.99. The molecule has 0 fully saturated rings. The van der Waals surface area contributed by atoms with Gasteiger partial charge in [0.2, 0.25) is 0 Å². The highest BCUT2D eigenvalue weighted by atomic mass is 15.1. The van der Waals surface area contributed by atoms with Crippen molar-refractivity contribution in [1.82, 2.24) is 14.9 Å². The van der Waals surface area contributed by atoms with E-state index in [4.69, 9.17) is 5.73 Å². The number of aromatic nitrogens is 2. The average molecular weight is 228 g/mol. The number of hydrogen-bond acceptors (Lipinski definition) is 3. The third-order valence-corrected chi connectivity index (χ3v) is 3.33. The molecule has 0 saturated carbocycles. The lowest BCUT2D eigenvalue weighted by atomic mass is 9.98. The number of nitrogens with zero attached hydrogens (tertiary/aromatic N) is 2. The van der Waals surface area contributed by atoms with E-state index in [-0.39, 0.29) is 0 Å². The van der Waals surface area contributed by atoms with Gasteiger partial charge in [-0.2, -0.15) is 0 Å². The molecular weight excluding hydrogens is 212 g/mol. The Morgan fingerprint density at radius 3 is 3.18 bits per heavy atom. The molecule has 0 aliphatic carbocycles. The molecule has 0 spiro atoms. The number of hydrogen-bond donors (Lipinski definition) is 2.